The molecule has 2 aromatic rings. The topological polar surface area (TPSA) is 60.6 Å². The molecule has 6 heteroatoms. The monoisotopic (exact) mass is 315 g/mol. The minimum atomic E-state index is -0.191. The fraction of sp³-hybridized carbons (Fsp3) is 0.529. The van der Waals surface area contributed by atoms with Crippen LogP contribution in [-0.4, -0.2) is 40.4 Å². The third kappa shape index (κ3) is 3.09. The van der Waals surface area contributed by atoms with Gasteiger partial charge in [0.1, 0.15) is 11.4 Å². The summed E-state index contributed by atoms with van der Waals surface area (Å²) in [5.74, 6) is 2.32. The van der Waals surface area contributed by atoms with E-state index in [0.29, 0.717) is 12.4 Å². The number of fused-ring (bicyclic) bond motifs is 1. The number of aromatic nitrogens is 2. The van der Waals surface area contributed by atoms with Crippen LogP contribution in [-0.2, 0) is 17.8 Å². The Bertz CT molecular complexity index is 679. The zero-order valence-electron chi connectivity index (χ0n) is 13.3. The summed E-state index contributed by atoms with van der Waals surface area (Å²) in [6, 6.07) is 8.28. The van der Waals surface area contributed by atoms with Gasteiger partial charge < -0.3 is 14.0 Å². The number of rotatable bonds is 2. The Labute approximate surface area is 135 Å². The minimum absolute atomic E-state index is 0.191. The molecule has 23 heavy (non-hydrogen) atoms. The van der Waals surface area contributed by atoms with Crippen LogP contribution in [0.25, 0.3) is 0 Å². The van der Waals surface area contributed by atoms with E-state index in [4.69, 9.17) is 14.0 Å². The predicted octanol–water partition coefficient (Wildman–Crippen LogP) is 2.32. The maximum absolute atomic E-state index is 6.47. The molecular weight excluding hydrogens is 294 g/mol. The van der Waals surface area contributed by atoms with E-state index >= 15 is 0 Å². The van der Waals surface area contributed by atoms with Gasteiger partial charge in [-0.25, -0.2) is 0 Å². The van der Waals surface area contributed by atoms with Gasteiger partial charge >= 0.3 is 0 Å². The van der Waals surface area contributed by atoms with E-state index in [9.17, 15) is 0 Å². The van der Waals surface area contributed by atoms with Crippen LogP contribution in [0.15, 0.2) is 28.8 Å². The number of aryl methyl sites for hydroxylation is 1. The van der Waals surface area contributed by atoms with E-state index in [2.05, 4.69) is 33.2 Å². The highest BCUT2D eigenvalue weighted by Crippen LogP contribution is 2.35. The molecule has 6 nitrogen and oxygen atoms in total. The molecule has 1 fully saturated rings. The predicted molar refractivity (Wildman–Crippen MR) is 83.0 cm³/mol. The molecule has 122 valence electrons. The number of benzene rings is 1. The average Bonchev–Trinajstić information content (AvgIpc) is 2.88. The van der Waals surface area contributed by atoms with E-state index in [-0.39, 0.29) is 5.60 Å². The molecule has 2 aliphatic rings. The van der Waals surface area contributed by atoms with Crippen LogP contribution in [0.2, 0.25) is 0 Å². The molecule has 0 saturated carbocycles. The molecule has 0 amide bonds. The van der Waals surface area contributed by atoms with Crippen LogP contribution < -0.4 is 4.74 Å². The van der Waals surface area contributed by atoms with Crippen molar-refractivity contribution in [3.8, 4) is 5.75 Å². The van der Waals surface area contributed by atoms with Crippen molar-refractivity contribution >= 4 is 0 Å². The average molecular weight is 315 g/mol. The normalized spacial score (nSPS) is 20.7. The van der Waals surface area contributed by atoms with Gasteiger partial charge in [-0.1, -0.05) is 23.4 Å². The van der Waals surface area contributed by atoms with Crippen molar-refractivity contribution in [3.05, 3.63) is 41.5 Å². The Morgan fingerprint density at radius 3 is 2.83 bits per heavy atom. The van der Waals surface area contributed by atoms with Crippen LogP contribution in [0.5, 0.6) is 5.75 Å². The molecule has 1 aromatic heterocycles. The van der Waals surface area contributed by atoms with Crippen LogP contribution >= 0.6 is 0 Å². The van der Waals surface area contributed by atoms with E-state index in [1.165, 1.54) is 5.56 Å². The largest absolute Gasteiger partial charge is 0.485 e. The highest BCUT2D eigenvalue weighted by molar-refractivity contribution is 5.35. The van der Waals surface area contributed by atoms with Crippen LogP contribution in [0.4, 0.5) is 0 Å². The van der Waals surface area contributed by atoms with Crippen molar-refractivity contribution in [1.29, 1.82) is 0 Å². The van der Waals surface area contributed by atoms with E-state index in [1.807, 2.05) is 13.0 Å². The second-order valence-corrected chi connectivity index (χ2v) is 6.38. The van der Waals surface area contributed by atoms with Crippen molar-refractivity contribution in [2.75, 3.05) is 19.8 Å². The van der Waals surface area contributed by atoms with Crippen molar-refractivity contribution in [2.45, 2.75) is 38.5 Å². The molecule has 3 heterocycles. The molecule has 1 saturated heterocycles. The smallest absolute Gasteiger partial charge is 0.223 e. The quantitative estimate of drug-likeness (QED) is 0.847. The molecule has 0 radical (unpaired) electrons. The van der Waals surface area contributed by atoms with Gasteiger partial charge in [-0.3, -0.25) is 4.90 Å². The van der Waals surface area contributed by atoms with Crippen LogP contribution in [0.3, 0.4) is 0 Å². The molecule has 0 atom stereocenters. The lowest BCUT2D eigenvalue weighted by molar-refractivity contribution is -0.0596. The number of ether oxygens (including phenoxy) is 2. The zero-order valence-corrected chi connectivity index (χ0v) is 13.3. The summed E-state index contributed by atoms with van der Waals surface area (Å²) in [5, 5.41) is 4.04. The lowest BCUT2D eigenvalue weighted by Gasteiger charge is -2.38. The molecule has 0 aliphatic carbocycles. The molecule has 1 spiro atoms. The van der Waals surface area contributed by atoms with Gasteiger partial charge in [0.05, 0.1) is 19.8 Å². The lowest BCUT2D eigenvalue weighted by Crippen LogP contribution is -2.49. The van der Waals surface area contributed by atoms with Crippen molar-refractivity contribution < 1.29 is 14.0 Å². The molecule has 0 unspecified atom stereocenters. The Morgan fingerprint density at radius 1 is 1.22 bits per heavy atom. The Morgan fingerprint density at radius 2 is 2.04 bits per heavy atom. The second-order valence-electron chi connectivity index (χ2n) is 6.38. The summed E-state index contributed by atoms with van der Waals surface area (Å²) < 4.78 is 17.1. The first kappa shape index (κ1) is 14.7. The molecule has 0 N–H and O–H groups in total. The maximum Gasteiger partial charge on any atom is 0.223 e. The van der Waals surface area contributed by atoms with Crippen molar-refractivity contribution in [2.24, 2.45) is 0 Å². The van der Waals surface area contributed by atoms with Gasteiger partial charge in [0.2, 0.25) is 5.89 Å². The summed E-state index contributed by atoms with van der Waals surface area (Å²) in [6.45, 7) is 5.65. The third-order valence-electron chi connectivity index (χ3n) is 4.54. The number of hydrogen-bond acceptors (Lipinski definition) is 6. The first-order valence-corrected chi connectivity index (χ1v) is 8.09. The molecule has 1 aromatic carbocycles. The SMILES string of the molecule is Cc1nc(CN2Cc3ccccc3OC3(CCOCC3)C2)no1. The maximum atomic E-state index is 6.47. The zero-order chi connectivity index (χ0) is 15.7. The van der Waals surface area contributed by atoms with Crippen molar-refractivity contribution in [1.82, 2.24) is 15.0 Å². The van der Waals surface area contributed by atoms with E-state index in [0.717, 1.165) is 50.7 Å². The van der Waals surface area contributed by atoms with Gasteiger partial charge in [-0.15, -0.1) is 0 Å². The summed E-state index contributed by atoms with van der Waals surface area (Å²) in [4.78, 5) is 6.69. The molecule has 2 aliphatic heterocycles. The number of para-hydroxylation sites is 1. The molecule has 4 rings (SSSR count). The summed E-state index contributed by atoms with van der Waals surface area (Å²) >= 11 is 0. The standard InChI is InChI=1S/C17H21N3O3/c1-13-18-16(19-23-13)11-20-10-14-4-2-3-5-15(14)22-17(12-20)6-8-21-9-7-17/h2-5H,6-12H2,1H3. The summed E-state index contributed by atoms with van der Waals surface area (Å²) in [7, 11) is 0. The van der Waals surface area contributed by atoms with Crippen LogP contribution in [0, 0.1) is 6.92 Å². The fourth-order valence-corrected chi connectivity index (χ4v) is 3.42. The fourth-order valence-electron chi connectivity index (χ4n) is 3.42. The van der Waals surface area contributed by atoms with Gasteiger partial charge in [0, 0.05) is 38.4 Å². The van der Waals surface area contributed by atoms with Crippen LogP contribution in [0.1, 0.15) is 30.1 Å². The first-order valence-electron chi connectivity index (χ1n) is 8.09. The van der Waals surface area contributed by atoms with Gasteiger partial charge in [0.15, 0.2) is 5.82 Å². The van der Waals surface area contributed by atoms with Crippen molar-refractivity contribution in [3.63, 3.8) is 0 Å². The first-order chi connectivity index (χ1) is 11.2. The van der Waals surface area contributed by atoms with Gasteiger partial charge in [-0.05, 0) is 6.07 Å². The number of nitrogens with zero attached hydrogens (tertiary/aromatic N) is 3. The summed E-state index contributed by atoms with van der Waals surface area (Å²) in [6.07, 6.45) is 1.81. The Balaban J connectivity index is 1.63. The highest BCUT2D eigenvalue weighted by atomic mass is 16.5. The molecule has 0 bridgehead atoms. The minimum Gasteiger partial charge on any atom is -0.485 e. The third-order valence-corrected chi connectivity index (χ3v) is 4.54. The lowest BCUT2D eigenvalue weighted by atomic mass is 9.93. The summed E-state index contributed by atoms with van der Waals surface area (Å²) in [5.41, 5.74) is 1.01. The van der Waals surface area contributed by atoms with E-state index < -0.39 is 0 Å². The van der Waals surface area contributed by atoms with Gasteiger partial charge in [0.25, 0.3) is 0 Å². The number of hydrogen-bond donors (Lipinski definition) is 0. The van der Waals surface area contributed by atoms with Gasteiger partial charge in [-0.2, -0.15) is 4.98 Å². The Hall–Kier alpha value is -1.92. The Kier molecular flexibility index (Phi) is 3.79. The highest BCUT2D eigenvalue weighted by Gasteiger charge is 2.39. The van der Waals surface area contributed by atoms with E-state index in [1.54, 1.807) is 0 Å². The second kappa shape index (κ2) is 5.94. The molecular formula is C17H21N3O3.